The number of anilines is 1. The maximum atomic E-state index is 12.8. The highest BCUT2D eigenvalue weighted by molar-refractivity contribution is 5.89. The molecule has 1 aliphatic heterocycles. The molecule has 7 heteroatoms. The smallest absolute Gasteiger partial charge is 0.319 e. The molecule has 0 spiro atoms. The number of urea groups is 1. The lowest BCUT2D eigenvalue weighted by Crippen LogP contribution is -2.28. The molecule has 1 aromatic carbocycles. The molecule has 27 heavy (non-hydrogen) atoms. The zero-order valence-corrected chi connectivity index (χ0v) is 14.7. The second-order valence-electron chi connectivity index (χ2n) is 6.60. The summed E-state index contributed by atoms with van der Waals surface area (Å²) in [6.45, 7) is 1.25. The second kappa shape index (κ2) is 7.57. The van der Waals surface area contributed by atoms with Crippen molar-refractivity contribution < 1.29 is 9.18 Å². The molecular formula is C20H20FN5O. The van der Waals surface area contributed by atoms with Crippen molar-refractivity contribution in [1.29, 1.82) is 0 Å². The molecule has 6 nitrogen and oxygen atoms in total. The first-order chi connectivity index (χ1) is 13.2. The van der Waals surface area contributed by atoms with E-state index in [-0.39, 0.29) is 12.6 Å². The maximum absolute atomic E-state index is 12.8. The zero-order chi connectivity index (χ0) is 18.6. The monoisotopic (exact) mass is 365 g/mol. The first-order valence-corrected chi connectivity index (χ1v) is 8.94. The van der Waals surface area contributed by atoms with Crippen molar-refractivity contribution in [3.8, 4) is 0 Å². The quantitative estimate of drug-likeness (QED) is 0.741. The van der Waals surface area contributed by atoms with Gasteiger partial charge in [0.2, 0.25) is 0 Å². The van der Waals surface area contributed by atoms with Crippen LogP contribution in [0.2, 0.25) is 0 Å². The fourth-order valence-electron chi connectivity index (χ4n) is 3.41. The topological polar surface area (TPSA) is 71.8 Å². The molecule has 2 amide bonds. The molecule has 4 rings (SSSR count). The van der Waals surface area contributed by atoms with Gasteiger partial charge in [-0.05, 0) is 42.7 Å². The molecule has 0 unspecified atom stereocenters. The van der Waals surface area contributed by atoms with Crippen molar-refractivity contribution >= 4 is 11.7 Å². The van der Waals surface area contributed by atoms with Crippen molar-refractivity contribution in [1.82, 2.24) is 19.9 Å². The van der Waals surface area contributed by atoms with Crippen LogP contribution in [0, 0.1) is 5.82 Å². The number of pyridine rings is 1. The number of aryl methyl sites for hydroxylation is 1. The summed E-state index contributed by atoms with van der Waals surface area (Å²) in [5.41, 5.74) is 3.77. The molecule has 2 N–H and O–H groups in total. The molecular weight excluding hydrogens is 345 g/mol. The van der Waals surface area contributed by atoms with Crippen LogP contribution in [-0.2, 0) is 13.1 Å². The van der Waals surface area contributed by atoms with Gasteiger partial charge in [0, 0.05) is 30.0 Å². The lowest BCUT2D eigenvalue weighted by Gasteiger charge is -2.24. The lowest BCUT2D eigenvalue weighted by atomic mass is 9.89. The van der Waals surface area contributed by atoms with Crippen LogP contribution in [0.15, 0.2) is 55.1 Å². The molecule has 0 fully saturated rings. The molecule has 0 saturated heterocycles. The average Bonchev–Trinajstić information content (AvgIpc) is 3.17. The summed E-state index contributed by atoms with van der Waals surface area (Å²) in [7, 11) is 0. The van der Waals surface area contributed by atoms with Crippen molar-refractivity contribution in [3.05, 3.63) is 77.9 Å². The summed E-state index contributed by atoms with van der Waals surface area (Å²) in [6, 6.07) is 10.4. The third-order valence-corrected chi connectivity index (χ3v) is 4.78. The third kappa shape index (κ3) is 3.97. The van der Waals surface area contributed by atoms with Gasteiger partial charge in [0.25, 0.3) is 0 Å². The largest absolute Gasteiger partial charge is 0.334 e. The van der Waals surface area contributed by atoms with Crippen molar-refractivity contribution in [2.24, 2.45) is 0 Å². The number of amides is 2. The van der Waals surface area contributed by atoms with Crippen LogP contribution in [0.1, 0.15) is 35.7 Å². The summed E-state index contributed by atoms with van der Waals surface area (Å²) in [6.07, 6.45) is 7.19. The summed E-state index contributed by atoms with van der Waals surface area (Å²) < 4.78 is 15.0. The van der Waals surface area contributed by atoms with Crippen molar-refractivity contribution in [2.75, 3.05) is 5.32 Å². The van der Waals surface area contributed by atoms with Gasteiger partial charge in [-0.25, -0.2) is 14.2 Å². The average molecular weight is 365 g/mol. The number of halogens is 1. The predicted molar refractivity (Wildman–Crippen MR) is 99.8 cm³/mol. The van der Waals surface area contributed by atoms with E-state index in [0.717, 1.165) is 25.6 Å². The Morgan fingerprint density at radius 2 is 2.04 bits per heavy atom. The zero-order valence-electron chi connectivity index (χ0n) is 14.7. The fourth-order valence-corrected chi connectivity index (χ4v) is 3.41. The van der Waals surface area contributed by atoms with Crippen LogP contribution in [0.5, 0.6) is 0 Å². The van der Waals surface area contributed by atoms with Gasteiger partial charge >= 0.3 is 6.03 Å². The number of hydrogen-bond donors (Lipinski definition) is 2. The van der Waals surface area contributed by atoms with Crippen LogP contribution in [-0.4, -0.2) is 20.6 Å². The number of carbonyl (C=O) groups excluding carboxylic acids is 1. The highest BCUT2D eigenvalue weighted by Crippen LogP contribution is 2.33. The Labute approximate surface area is 156 Å². The van der Waals surface area contributed by atoms with E-state index < -0.39 is 5.82 Å². The molecule has 3 aromatic rings. The third-order valence-electron chi connectivity index (χ3n) is 4.78. The fraction of sp³-hybridized carbons (Fsp3) is 0.250. The summed E-state index contributed by atoms with van der Waals surface area (Å²) in [4.78, 5) is 20.2. The number of carbonyl (C=O) groups is 1. The summed E-state index contributed by atoms with van der Waals surface area (Å²) >= 11 is 0. The predicted octanol–water partition coefficient (Wildman–Crippen LogP) is 3.66. The molecule has 0 radical (unpaired) electrons. The Morgan fingerprint density at radius 1 is 1.19 bits per heavy atom. The van der Waals surface area contributed by atoms with E-state index in [4.69, 9.17) is 0 Å². The van der Waals surface area contributed by atoms with Gasteiger partial charge in [0.15, 0.2) is 0 Å². The van der Waals surface area contributed by atoms with E-state index in [0.29, 0.717) is 17.3 Å². The van der Waals surface area contributed by atoms with Gasteiger partial charge in [0.1, 0.15) is 5.82 Å². The van der Waals surface area contributed by atoms with E-state index in [1.165, 1.54) is 17.3 Å². The van der Waals surface area contributed by atoms with Gasteiger partial charge in [-0.3, -0.25) is 4.98 Å². The Morgan fingerprint density at radius 3 is 2.81 bits per heavy atom. The van der Waals surface area contributed by atoms with Crippen molar-refractivity contribution in [3.63, 3.8) is 0 Å². The molecule has 138 valence electrons. The Hall–Kier alpha value is -3.22. The lowest BCUT2D eigenvalue weighted by molar-refractivity contribution is 0.251. The normalized spacial score (nSPS) is 15.8. The minimum atomic E-state index is -0.399. The van der Waals surface area contributed by atoms with E-state index >= 15 is 0 Å². The Balaban J connectivity index is 1.35. The molecule has 0 aliphatic carbocycles. The number of nitrogens with one attached hydrogen (secondary N) is 2. The van der Waals surface area contributed by atoms with Crippen LogP contribution in [0.4, 0.5) is 14.9 Å². The van der Waals surface area contributed by atoms with Gasteiger partial charge in [0.05, 0.1) is 24.8 Å². The van der Waals surface area contributed by atoms with E-state index in [1.54, 1.807) is 6.07 Å². The van der Waals surface area contributed by atoms with Crippen LogP contribution in [0.25, 0.3) is 0 Å². The van der Waals surface area contributed by atoms with Crippen LogP contribution in [0.3, 0.4) is 0 Å². The molecule has 3 heterocycles. The SMILES string of the molecule is O=C(NCc1ccc(F)cn1)Nc1ccc([C@H]2CCCn3cncc32)cc1. The number of benzene rings is 1. The molecule has 1 atom stereocenters. The van der Waals surface area contributed by atoms with E-state index in [1.807, 2.05) is 36.8 Å². The first kappa shape index (κ1) is 17.2. The highest BCUT2D eigenvalue weighted by Gasteiger charge is 2.22. The van der Waals surface area contributed by atoms with E-state index in [2.05, 4.69) is 25.2 Å². The van der Waals surface area contributed by atoms with Gasteiger partial charge in [-0.2, -0.15) is 0 Å². The number of fused-ring (bicyclic) bond motifs is 1. The number of aromatic nitrogens is 3. The number of imidazole rings is 1. The van der Waals surface area contributed by atoms with Gasteiger partial charge in [-0.15, -0.1) is 0 Å². The summed E-state index contributed by atoms with van der Waals surface area (Å²) in [5.74, 6) is -0.0574. The number of rotatable bonds is 4. The Bertz CT molecular complexity index is 920. The maximum Gasteiger partial charge on any atom is 0.319 e. The first-order valence-electron chi connectivity index (χ1n) is 8.94. The highest BCUT2D eigenvalue weighted by atomic mass is 19.1. The van der Waals surface area contributed by atoms with Gasteiger partial charge < -0.3 is 15.2 Å². The molecule has 1 aliphatic rings. The standard InChI is InChI=1S/C20H20FN5O/c21-15-5-8-17(23-10-15)11-24-20(27)25-16-6-3-14(4-7-16)18-2-1-9-26-13-22-12-19(18)26/h3-8,10,12-13,18H,1-2,9,11H2,(H2,24,25,27)/t18-/m1/s1. The Kier molecular flexibility index (Phi) is 4.82. The number of hydrogen-bond acceptors (Lipinski definition) is 3. The minimum Gasteiger partial charge on any atom is -0.334 e. The van der Waals surface area contributed by atoms with Crippen LogP contribution < -0.4 is 10.6 Å². The van der Waals surface area contributed by atoms with Gasteiger partial charge in [-0.1, -0.05) is 12.1 Å². The molecule has 0 bridgehead atoms. The second-order valence-corrected chi connectivity index (χ2v) is 6.60. The van der Waals surface area contributed by atoms with Crippen molar-refractivity contribution in [2.45, 2.75) is 31.8 Å². The molecule has 0 saturated carbocycles. The number of nitrogens with zero attached hydrogens (tertiary/aromatic N) is 3. The molecule has 2 aromatic heterocycles. The van der Waals surface area contributed by atoms with E-state index in [9.17, 15) is 9.18 Å². The minimum absolute atomic E-state index is 0.232. The summed E-state index contributed by atoms with van der Waals surface area (Å²) in [5, 5.41) is 5.51. The van der Waals surface area contributed by atoms with Crippen LogP contribution >= 0.6 is 0 Å².